The molecule has 0 spiro atoms. The van der Waals surface area contributed by atoms with Crippen molar-refractivity contribution in [3.63, 3.8) is 0 Å². The number of piperidine rings is 1. The Kier molecular flexibility index (Phi) is 5.79. The van der Waals surface area contributed by atoms with E-state index < -0.39 is 0 Å². The van der Waals surface area contributed by atoms with Crippen LogP contribution < -0.4 is 0 Å². The van der Waals surface area contributed by atoms with Crippen LogP contribution in [0.5, 0.6) is 0 Å². The van der Waals surface area contributed by atoms with Crippen molar-refractivity contribution in [2.75, 3.05) is 20.1 Å². The van der Waals surface area contributed by atoms with Gasteiger partial charge in [-0.25, -0.2) is 4.98 Å². The summed E-state index contributed by atoms with van der Waals surface area (Å²) >= 11 is 1.82. The fraction of sp³-hybridized carbons (Fsp3) is 0.636. The van der Waals surface area contributed by atoms with E-state index in [0.29, 0.717) is 17.9 Å². The molecule has 2 atom stereocenters. The molecule has 2 aliphatic rings. The number of carbonyl (C=O) groups is 1. The summed E-state index contributed by atoms with van der Waals surface area (Å²) in [6, 6.07) is 8.80. The van der Waals surface area contributed by atoms with Gasteiger partial charge in [-0.1, -0.05) is 31.4 Å². The van der Waals surface area contributed by atoms with Crippen LogP contribution in [-0.4, -0.2) is 52.9 Å². The zero-order valence-corrected chi connectivity index (χ0v) is 17.4. The highest BCUT2D eigenvalue weighted by atomic mass is 32.1. The molecule has 0 unspecified atom stereocenters. The van der Waals surface area contributed by atoms with E-state index in [4.69, 9.17) is 4.98 Å². The van der Waals surface area contributed by atoms with Crippen molar-refractivity contribution in [2.24, 2.45) is 0 Å². The molecule has 4 rings (SSSR count). The molecule has 1 aromatic carbocycles. The minimum Gasteiger partial charge on any atom is -0.341 e. The first-order valence-corrected chi connectivity index (χ1v) is 11.3. The van der Waals surface area contributed by atoms with Gasteiger partial charge in [0.1, 0.15) is 0 Å². The quantitative estimate of drug-likeness (QED) is 0.768. The number of likely N-dealkylation sites (N-methyl/N-ethyl adjacent to an activating group) is 1. The van der Waals surface area contributed by atoms with Crippen molar-refractivity contribution in [1.29, 1.82) is 0 Å². The van der Waals surface area contributed by atoms with Crippen LogP contribution in [0.15, 0.2) is 24.3 Å². The van der Waals surface area contributed by atoms with Gasteiger partial charge in [-0.15, -0.1) is 11.3 Å². The molecule has 1 aliphatic carbocycles. The molecule has 4 nitrogen and oxygen atoms in total. The number of fused-ring (bicyclic) bond motifs is 1. The normalized spacial score (nSPS) is 23.4. The summed E-state index contributed by atoms with van der Waals surface area (Å²) in [5.74, 6) is 0.748. The first-order chi connectivity index (χ1) is 13.1. The Morgan fingerprint density at radius 3 is 2.74 bits per heavy atom. The predicted octanol–water partition coefficient (Wildman–Crippen LogP) is 4.66. The molecule has 27 heavy (non-hydrogen) atoms. The van der Waals surface area contributed by atoms with Gasteiger partial charge in [-0.3, -0.25) is 9.69 Å². The third-order valence-electron chi connectivity index (χ3n) is 6.49. The number of aromatic nitrogens is 1. The van der Waals surface area contributed by atoms with E-state index in [1.165, 1.54) is 48.2 Å². The second-order valence-electron chi connectivity index (χ2n) is 8.27. The van der Waals surface area contributed by atoms with E-state index in [0.717, 1.165) is 25.0 Å². The molecule has 0 radical (unpaired) electrons. The SMILES string of the molecule is C[C@@H](C(=O)N(C)C1CCCCC1)N1CCC[C@H](c2nc3ccccc3s2)C1. The minimum atomic E-state index is -0.0332. The van der Waals surface area contributed by atoms with Crippen molar-refractivity contribution >= 4 is 27.5 Å². The molecule has 2 heterocycles. The maximum absolute atomic E-state index is 13.1. The fourth-order valence-electron chi connectivity index (χ4n) is 4.72. The molecule has 0 N–H and O–H groups in total. The maximum atomic E-state index is 13.1. The van der Waals surface area contributed by atoms with Crippen molar-refractivity contribution in [1.82, 2.24) is 14.8 Å². The summed E-state index contributed by atoms with van der Waals surface area (Å²) < 4.78 is 1.27. The van der Waals surface area contributed by atoms with Gasteiger partial charge in [0.25, 0.3) is 0 Å². The zero-order valence-electron chi connectivity index (χ0n) is 16.6. The third-order valence-corrected chi connectivity index (χ3v) is 7.69. The number of carbonyl (C=O) groups excluding carboxylic acids is 1. The molecular weight excluding hydrogens is 354 g/mol. The Hall–Kier alpha value is -1.46. The van der Waals surface area contributed by atoms with Gasteiger partial charge in [0.05, 0.1) is 21.3 Å². The molecular formula is C22H31N3OS. The summed E-state index contributed by atoms with van der Waals surface area (Å²) in [5.41, 5.74) is 1.11. The van der Waals surface area contributed by atoms with Gasteiger partial charge >= 0.3 is 0 Å². The lowest BCUT2D eigenvalue weighted by Gasteiger charge is -2.39. The van der Waals surface area contributed by atoms with Crippen molar-refractivity contribution < 1.29 is 4.79 Å². The van der Waals surface area contributed by atoms with E-state index in [1.54, 1.807) is 0 Å². The lowest BCUT2D eigenvalue weighted by molar-refractivity contribution is -0.138. The number of thiazole rings is 1. The number of likely N-dealkylation sites (tertiary alicyclic amines) is 1. The van der Waals surface area contributed by atoms with Crippen LogP contribution >= 0.6 is 11.3 Å². The molecule has 1 aromatic heterocycles. The maximum Gasteiger partial charge on any atom is 0.239 e. The minimum absolute atomic E-state index is 0.0332. The van der Waals surface area contributed by atoms with Gasteiger partial charge in [0, 0.05) is 25.6 Å². The van der Waals surface area contributed by atoms with Crippen LogP contribution in [0.2, 0.25) is 0 Å². The van der Waals surface area contributed by atoms with E-state index in [2.05, 4.69) is 36.1 Å². The molecule has 5 heteroatoms. The van der Waals surface area contributed by atoms with Crippen molar-refractivity contribution in [3.05, 3.63) is 29.3 Å². The van der Waals surface area contributed by atoms with Gasteiger partial charge in [0.2, 0.25) is 5.91 Å². The number of rotatable bonds is 4. The number of nitrogens with zero attached hydrogens (tertiary/aromatic N) is 3. The second-order valence-corrected chi connectivity index (χ2v) is 9.33. The highest BCUT2D eigenvalue weighted by Crippen LogP contribution is 2.33. The summed E-state index contributed by atoms with van der Waals surface area (Å²) in [7, 11) is 2.02. The highest BCUT2D eigenvalue weighted by molar-refractivity contribution is 7.18. The van der Waals surface area contributed by atoms with E-state index in [-0.39, 0.29) is 6.04 Å². The molecule has 1 amide bonds. The average Bonchev–Trinajstić information content (AvgIpc) is 3.17. The topological polar surface area (TPSA) is 36.4 Å². The van der Waals surface area contributed by atoms with E-state index in [9.17, 15) is 4.79 Å². The van der Waals surface area contributed by atoms with Crippen LogP contribution in [0.4, 0.5) is 0 Å². The summed E-state index contributed by atoms with van der Waals surface area (Å²) in [6.45, 7) is 4.07. The Labute approximate surface area is 166 Å². The average molecular weight is 386 g/mol. The lowest BCUT2D eigenvalue weighted by Crippen LogP contribution is -2.51. The number of benzene rings is 1. The molecule has 2 fully saturated rings. The first-order valence-electron chi connectivity index (χ1n) is 10.5. The van der Waals surface area contributed by atoms with Crippen molar-refractivity contribution in [3.8, 4) is 0 Å². The third kappa shape index (κ3) is 4.04. The Bertz CT molecular complexity index is 750. The number of para-hydroxylation sites is 1. The van der Waals surface area contributed by atoms with E-state index in [1.807, 2.05) is 23.3 Å². The van der Waals surface area contributed by atoms with Crippen molar-refractivity contribution in [2.45, 2.75) is 69.9 Å². The highest BCUT2D eigenvalue weighted by Gasteiger charge is 2.33. The Morgan fingerprint density at radius 1 is 1.19 bits per heavy atom. The molecule has 146 valence electrons. The van der Waals surface area contributed by atoms with Gasteiger partial charge in [-0.05, 0) is 51.3 Å². The Morgan fingerprint density at radius 2 is 1.96 bits per heavy atom. The predicted molar refractivity (Wildman–Crippen MR) is 112 cm³/mol. The molecule has 1 aliphatic heterocycles. The van der Waals surface area contributed by atoms with Gasteiger partial charge < -0.3 is 4.90 Å². The first kappa shape index (κ1) is 18.9. The van der Waals surface area contributed by atoms with Crippen LogP contribution in [0.25, 0.3) is 10.2 Å². The largest absolute Gasteiger partial charge is 0.341 e. The van der Waals surface area contributed by atoms with Gasteiger partial charge in [0.15, 0.2) is 0 Å². The summed E-state index contributed by atoms with van der Waals surface area (Å²) in [5, 5.41) is 1.24. The fourth-order valence-corrected chi connectivity index (χ4v) is 5.82. The van der Waals surface area contributed by atoms with Crippen LogP contribution in [0.1, 0.15) is 62.8 Å². The monoisotopic (exact) mass is 385 g/mol. The summed E-state index contributed by atoms with van der Waals surface area (Å²) in [6.07, 6.45) is 8.51. The van der Waals surface area contributed by atoms with Crippen LogP contribution in [0.3, 0.4) is 0 Å². The molecule has 0 bridgehead atoms. The van der Waals surface area contributed by atoms with E-state index >= 15 is 0 Å². The molecule has 2 aromatic rings. The Balaban J connectivity index is 1.43. The van der Waals surface area contributed by atoms with Crippen LogP contribution in [0, 0.1) is 0 Å². The standard InChI is InChI=1S/C22H31N3OS/c1-16(22(26)24(2)18-10-4-3-5-11-18)25-14-8-9-17(15-25)21-23-19-12-6-7-13-20(19)27-21/h6-7,12-13,16-18H,3-5,8-11,14-15H2,1-2H3/t16-,17-/m0/s1. The molecule has 1 saturated carbocycles. The molecule has 1 saturated heterocycles. The number of hydrogen-bond donors (Lipinski definition) is 0. The van der Waals surface area contributed by atoms with Crippen LogP contribution in [-0.2, 0) is 4.79 Å². The van der Waals surface area contributed by atoms with Gasteiger partial charge in [-0.2, -0.15) is 0 Å². The smallest absolute Gasteiger partial charge is 0.239 e. The number of amides is 1. The summed E-state index contributed by atoms with van der Waals surface area (Å²) in [4.78, 5) is 22.4. The lowest BCUT2D eigenvalue weighted by atomic mass is 9.93. The second kappa shape index (κ2) is 8.27. The zero-order chi connectivity index (χ0) is 18.8. The number of hydrogen-bond acceptors (Lipinski definition) is 4.